The first kappa shape index (κ1) is 18.6. The van der Waals surface area contributed by atoms with E-state index in [1.165, 1.54) is 43.4 Å². The van der Waals surface area contributed by atoms with E-state index in [1.54, 1.807) is 0 Å². The van der Waals surface area contributed by atoms with Gasteiger partial charge in [0.1, 0.15) is 0 Å². The Labute approximate surface area is 206 Å². The van der Waals surface area contributed by atoms with E-state index >= 15 is 0 Å². The smallest absolute Gasteiger partial charge is 0.0750 e. The molecule has 8 bridgehead atoms. The monoisotopic (exact) mass is 460 g/mol. The molecule has 0 fully saturated rings. The van der Waals surface area contributed by atoms with Crippen molar-refractivity contribution < 1.29 is 0 Å². The van der Waals surface area contributed by atoms with Gasteiger partial charge in [-0.1, -0.05) is 72.8 Å². The van der Waals surface area contributed by atoms with Crippen molar-refractivity contribution in [1.82, 2.24) is 19.2 Å². The number of fused-ring (bicyclic) bond motifs is 10. The van der Waals surface area contributed by atoms with E-state index in [2.05, 4.69) is 106 Å². The maximum atomic E-state index is 5.14. The molecule has 5 heterocycles. The summed E-state index contributed by atoms with van der Waals surface area (Å²) in [6, 6.07) is 35.5. The van der Waals surface area contributed by atoms with Crippen molar-refractivity contribution >= 4 is 54.4 Å². The van der Waals surface area contributed by atoms with Gasteiger partial charge in [0.05, 0.1) is 33.5 Å². The molecule has 0 radical (unpaired) electrons. The molecule has 4 heteroatoms. The first-order valence-electron chi connectivity index (χ1n) is 12.4. The molecule has 8 aromatic rings. The van der Waals surface area contributed by atoms with E-state index in [9.17, 15) is 0 Å². The Kier molecular flexibility index (Phi) is 3.36. The van der Waals surface area contributed by atoms with E-state index in [0.29, 0.717) is 0 Å². The largest absolute Gasteiger partial charge is 0.232 e. The molecule has 168 valence electrons. The molecule has 0 spiro atoms. The molecule has 1 aliphatic heterocycles. The molecule has 0 atom stereocenters. The van der Waals surface area contributed by atoms with Crippen molar-refractivity contribution in [3.05, 3.63) is 120 Å². The summed E-state index contributed by atoms with van der Waals surface area (Å²) < 4.78 is 4.30. The Bertz CT molecular complexity index is 2050. The fraction of sp³-hybridized carbons (Fsp3) is 0.0625. The summed E-state index contributed by atoms with van der Waals surface area (Å²) in [5, 5.41) is 17.8. The summed E-state index contributed by atoms with van der Waals surface area (Å²) in [6.07, 6.45) is 1.55. The van der Waals surface area contributed by atoms with Crippen molar-refractivity contribution in [1.29, 1.82) is 0 Å². The van der Waals surface area contributed by atoms with E-state index in [1.807, 2.05) is 0 Å². The van der Waals surface area contributed by atoms with Crippen LogP contribution in [0.3, 0.4) is 0 Å². The predicted molar refractivity (Wildman–Crippen MR) is 146 cm³/mol. The van der Waals surface area contributed by atoms with E-state index in [4.69, 9.17) is 10.2 Å². The van der Waals surface area contributed by atoms with Crippen LogP contribution in [0.1, 0.15) is 22.5 Å². The molecule has 0 unspecified atom stereocenters. The average Bonchev–Trinajstić information content (AvgIpc) is 3.53. The zero-order valence-electron chi connectivity index (χ0n) is 19.4. The summed E-state index contributed by atoms with van der Waals surface area (Å²) >= 11 is 0. The molecule has 0 saturated heterocycles. The molecule has 0 aliphatic carbocycles. The number of hydrogen-bond donors (Lipinski definition) is 0. The highest BCUT2D eigenvalue weighted by Crippen LogP contribution is 2.34. The summed E-state index contributed by atoms with van der Waals surface area (Å²) in [5.41, 5.74) is 9.26. The number of nitrogens with zero attached hydrogens (tertiary/aromatic N) is 4. The highest BCUT2D eigenvalue weighted by atomic mass is 15.2. The van der Waals surface area contributed by atoms with Gasteiger partial charge in [-0.2, -0.15) is 10.2 Å². The van der Waals surface area contributed by atoms with Crippen LogP contribution in [0.4, 0.5) is 0 Å². The van der Waals surface area contributed by atoms with Crippen LogP contribution >= 0.6 is 0 Å². The number of pyridine rings is 2. The van der Waals surface area contributed by atoms with Crippen molar-refractivity contribution in [3.8, 4) is 0 Å². The summed E-state index contributed by atoms with van der Waals surface area (Å²) in [5.74, 6) is 0. The Morgan fingerprint density at radius 2 is 0.806 bits per heavy atom. The van der Waals surface area contributed by atoms with E-state index < -0.39 is 0 Å². The maximum absolute atomic E-state index is 5.14. The highest BCUT2D eigenvalue weighted by molar-refractivity contribution is 6.13. The second-order valence-corrected chi connectivity index (χ2v) is 10.0. The summed E-state index contributed by atoms with van der Waals surface area (Å²) in [7, 11) is 0. The van der Waals surface area contributed by atoms with Gasteiger partial charge in [-0.15, -0.1) is 0 Å². The van der Waals surface area contributed by atoms with Crippen LogP contribution < -0.4 is 0 Å². The fourth-order valence-corrected chi connectivity index (χ4v) is 6.27. The second-order valence-electron chi connectivity index (χ2n) is 10.0. The number of hydrogen-bond acceptors (Lipinski definition) is 2. The van der Waals surface area contributed by atoms with Gasteiger partial charge in [0, 0.05) is 34.4 Å². The van der Waals surface area contributed by atoms with Gasteiger partial charge in [-0.25, -0.2) is 9.03 Å². The van der Waals surface area contributed by atoms with Crippen LogP contribution in [0.5, 0.6) is 0 Å². The zero-order chi connectivity index (χ0) is 23.4. The van der Waals surface area contributed by atoms with Crippen LogP contribution in [0.25, 0.3) is 54.4 Å². The Balaban J connectivity index is 1.44. The lowest BCUT2D eigenvalue weighted by Gasteiger charge is -2.10. The predicted octanol–water partition coefficient (Wildman–Crippen LogP) is 7.09. The average molecular weight is 461 g/mol. The third-order valence-corrected chi connectivity index (χ3v) is 7.86. The second kappa shape index (κ2) is 6.49. The Hall–Kier alpha value is -4.70. The molecular formula is C32H20N4. The van der Waals surface area contributed by atoms with Crippen LogP contribution in [-0.2, 0) is 12.8 Å². The fourth-order valence-electron chi connectivity index (χ4n) is 6.27. The van der Waals surface area contributed by atoms with Gasteiger partial charge in [-0.05, 0) is 46.2 Å². The lowest BCUT2D eigenvalue weighted by Crippen LogP contribution is -1.99. The highest BCUT2D eigenvalue weighted by Gasteiger charge is 2.16. The lowest BCUT2D eigenvalue weighted by molar-refractivity contribution is 0.925. The molecular weight excluding hydrogens is 440 g/mol. The first-order valence-corrected chi connectivity index (χ1v) is 12.4. The van der Waals surface area contributed by atoms with Crippen LogP contribution in [0.15, 0.2) is 97.1 Å². The minimum atomic E-state index is 0.773. The normalized spacial score (nSPS) is 13.3. The molecule has 0 N–H and O–H groups in total. The lowest BCUT2D eigenvalue weighted by atomic mass is 10.00. The number of rotatable bonds is 0. The van der Waals surface area contributed by atoms with E-state index in [0.717, 1.165) is 46.3 Å². The van der Waals surface area contributed by atoms with Gasteiger partial charge >= 0.3 is 0 Å². The molecule has 4 aromatic heterocycles. The molecule has 9 rings (SSSR count). The van der Waals surface area contributed by atoms with Gasteiger partial charge in [0.15, 0.2) is 0 Å². The standard InChI is InChI=1S/C32H20N4/c1-3-7-25-23(5-1)27-11-9-19-13-22-18-32-26-8-4-2-6-24(26)28-12-10-20(16-30(28)36(32)34-22)14-21-17-31(25)35(33-21)29(27)15-19/h1-12,15-18H,13-14H2. The number of benzene rings is 4. The molecule has 1 aliphatic rings. The van der Waals surface area contributed by atoms with Crippen molar-refractivity contribution in [3.63, 3.8) is 0 Å². The molecule has 0 amide bonds. The minimum Gasteiger partial charge on any atom is -0.232 e. The van der Waals surface area contributed by atoms with Crippen molar-refractivity contribution in [2.24, 2.45) is 0 Å². The Morgan fingerprint density at radius 3 is 1.28 bits per heavy atom. The SMILES string of the molecule is c1ccc2c(c1)c1ccc3cc1n1nc(cc21)Cc1ccc2c4ccccc4c4cc(nn4c2c1)C3. The van der Waals surface area contributed by atoms with Crippen LogP contribution in [-0.4, -0.2) is 19.2 Å². The van der Waals surface area contributed by atoms with Crippen LogP contribution in [0.2, 0.25) is 0 Å². The topological polar surface area (TPSA) is 34.6 Å². The quantitative estimate of drug-likeness (QED) is 0.226. The third-order valence-electron chi connectivity index (χ3n) is 7.86. The molecule has 36 heavy (non-hydrogen) atoms. The third kappa shape index (κ3) is 2.38. The molecule has 0 saturated carbocycles. The maximum Gasteiger partial charge on any atom is 0.0750 e. The molecule has 4 nitrogen and oxygen atoms in total. The van der Waals surface area contributed by atoms with Crippen LogP contribution in [0, 0.1) is 0 Å². The summed E-state index contributed by atoms with van der Waals surface area (Å²) in [4.78, 5) is 0. The summed E-state index contributed by atoms with van der Waals surface area (Å²) in [6.45, 7) is 0. The van der Waals surface area contributed by atoms with Gasteiger partial charge in [-0.3, -0.25) is 0 Å². The first-order chi connectivity index (χ1) is 17.8. The van der Waals surface area contributed by atoms with Crippen molar-refractivity contribution in [2.45, 2.75) is 12.8 Å². The Morgan fingerprint density at radius 1 is 0.417 bits per heavy atom. The molecule has 4 aromatic carbocycles. The minimum absolute atomic E-state index is 0.773. The van der Waals surface area contributed by atoms with Crippen molar-refractivity contribution in [2.75, 3.05) is 0 Å². The van der Waals surface area contributed by atoms with E-state index in [-0.39, 0.29) is 0 Å². The van der Waals surface area contributed by atoms with Gasteiger partial charge in [0.25, 0.3) is 0 Å². The van der Waals surface area contributed by atoms with Gasteiger partial charge < -0.3 is 0 Å². The van der Waals surface area contributed by atoms with Gasteiger partial charge in [0.2, 0.25) is 0 Å². The zero-order valence-corrected chi connectivity index (χ0v) is 19.4. The number of aromatic nitrogens is 4.